The Bertz CT molecular complexity index is 267. The molecule has 1 heterocycles. The van der Waals surface area contributed by atoms with Gasteiger partial charge in [0.25, 0.3) is 0 Å². The Morgan fingerprint density at radius 2 is 2.12 bits per heavy atom. The monoisotopic (exact) mass is 240 g/mol. The molecule has 0 fully saturated rings. The predicted octanol–water partition coefficient (Wildman–Crippen LogP) is 3.09. The molecule has 0 aliphatic carbocycles. The lowest BCUT2D eigenvalue weighted by Gasteiger charge is -2.26. The van der Waals surface area contributed by atoms with Crippen LogP contribution < -0.4 is 5.73 Å². The number of hydrogen-bond acceptors (Lipinski definition) is 3. The van der Waals surface area contributed by atoms with Crippen molar-refractivity contribution in [3.8, 4) is 0 Å². The van der Waals surface area contributed by atoms with Crippen LogP contribution in [0.2, 0.25) is 0 Å². The molecule has 1 aromatic rings. The minimum absolute atomic E-state index is 0.329. The first-order chi connectivity index (χ1) is 7.59. The predicted molar refractivity (Wildman–Crippen MR) is 72.7 cm³/mol. The van der Waals surface area contributed by atoms with E-state index in [4.69, 9.17) is 5.73 Å². The van der Waals surface area contributed by atoms with Gasteiger partial charge in [-0.3, -0.25) is 4.90 Å². The highest BCUT2D eigenvalue weighted by Gasteiger charge is 2.10. The third-order valence-electron chi connectivity index (χ3n) is 2.77. The van der Waals surface area contributed by atoms with Crippen LogP contribution in [-0.4, -0.2) is 23.5 Å². The summed E-state index contributed by atoms with van der Waals surface area (Å²) in [5, 5.41) is 2.15. The topological polar surface area (TPSA) is 29.3 Å². The Morgan fingerprint density at radius 1 is 1.38 bits per heavy atom. The van der Waals surface area contributed by atoms with Crippen LogP contribution in [-0.2, 0) is 6.54 Å². The van der Waals surface area contributed by atoms with Crippen molar-refractivity contribution in [1.82, 2.24) is 4.90 Å². The highest BCUT2D eigenvalue weighted by molar-refractivity contribution is 7.09. The van der Waals surface area contributed by atoms with Crippen molar-refractivity contribution in [2.75, 3.05) is 6.54 Å². The smallest absolute Gasteiger partial charge is 0.0330 e. The minimum atomic E-state index is 0.329. The second-order valence-corrected chi connectivity index (χ2v) is 5.80. The fraction of sp³-hybridized carbons (Fsp3) is 0.692. The Kier molecular flexibility index (Phi) is 6.03. The zero-order valence-corrected chi connectivity index (χ0v) is 11.5. The summed E-state index contributed by atoms with van der Waals surface area (Å²) in [4.78, 5) is 3.98. The molecule has 92 valence electrons. The van der Waals surface area contributed by atoms with E-state index in [0.29, 0.717) is 12.1 Å². The molecule has 0 saturated heterocycles. The third kappa shape index (κ3) is 5.10. The van der Waals surface area contributed by atoms with Gasteiger partial charge in [0.15, 0.2) is 0 Å². The maximum atomic E-state index is 5.77. The third-order valence-corrected chi connectivity index (χ3v) is 3.64. The Labute approximate surface area is 103 Å². The molecular formula is C13H24N2S. The molecule has 3 heteroatoms. The lowest BCUT2D eigenvalue weighted by molar-refractivity contribution is 0.209. The van der Waals surface area contributed by atoms with Crippen LogP contribution in [0.5, 0.6) is 0 Å². The van der Waals surface area contributed by atoms with Crippen molar-refractivity contribution >= 4 is 11.3 Å². The van der Waals surface area contributed by atoms with Gasteiger partial charge in [0.1, 0.15) is 0 Å². The maximum Gasteiger partial charge on any atom is 0.0330 e. The largest absolute Gasteiger partial charge is 0.328 e. The van der Waals surface area contributed by atoms with E-state index in [-0.39, 0.29) is 0 Å². The van der Waals surface area contributed by atoms with E-state index in [1.165, 1.54) is 11.3 Å². The highest BCUT2D eigenvalue weighted by Crippen LogP contribution is 2.14. The van der Waals surface area contributed by atoms with Gasteiger partial charge in [-0.15, -0.1) is 11.3 Å². The molecule has 0 spiro atoms. The van der Waals surface area contributed by atoms with Crippen LogP contribution in [0, 0.1) is 0 Å². The average Bonchev–Trinajstić information content (AvgIpc) is 2.68. The van der Waals surface area contributed by atoms with Gasteiger partial charge in [0, 0.05) is 23.5 Å². The van der Waals surface area contributed by atoms with Gasteiger partial charge in [0.2, 0.25) is 0 Å². The molecule has 16 heavy (non-hydrogen) atoms. The van der Waals surface area contributed by atoms with E-state index >= 15 is 0 Å². The molecule has 0 saturated carbocycles. The van der Waals surface area contributed by atoms with Crippen LogP contribution in [0.3, 0.4) is 0 Å². The molecule has 2 nitrogen and oxygen atoms in total. The van der Waals surface area contributed by atoms with E-state index in [0.717, 1.165) is 19.5 Å². The van der Waals surface area contributed by atoms with Crippen molar-refractivity contribution in [2.24, 2.45) is 5.73 Å². The molecule has 0 bridgehead atoms. The van der Waals surface area contributed by atoms with Crippen molar-refractivity contribution in [1.29, 1.82) is 0 Å². The van der Waals surface area contributed by atoms with Crippen LogP contribution >= 0.6 is 11.3 Å². The van der Waals surface area contributed by atoms with Crippen LogP contribution in [0.4, 0.5) is 0 Å². The standard InChI is InChI=1S/C13H24N2S/c1-11(2)15(8-4-6-12(3)14)10-13-7-5-9-16-13/h5,7,9,11-12H,4,6,8,10,14H2,1-3H3. The number of nitrogens with two attached hydrogens (primary N) is 1. The van der Waals surface area contributed by atoms with E-state index in [1.54, 1.807) is 0 Å². The number of hydrogen-bond donors (Lipinski definition) is 1. The second kappa shape index (κ2) is 7.05. The van der Waals surface area contributed by atoms with E-state index < -0.39 is 0 Å². The first kappa shape index (κ1) is 13.7. The molecule has 2 N–H and O–H groups in total. The summed E-state index contributed by atoms with van der Waals surface area (Å²) < 4.78 is 0. The van der Waals surface area contributed by atoms with Crippen molar-refractivity contribution < 1.29 is 0 Å². The summed E-state index contributed by atoms with van der Waals surface area (Å²) in [7, 11) is 0. The molecule has 1 rings (SSSR count). The molecule has 1 aromatic heterocycles. The summed E-state index contributed by atoms with van der Waals surface area (Å²) in [5.74, 6) is 0. The maximum absolute atomic E-state index is 5.77. The Hall–Kier alpha value is -0.380. The van der Waals surface area contributed by atoms with Crippen molar-refractivity contribution in [2.45, 2.75) is 52.2 Å². The summed E-state index contributed by atoms with van der Waals surface area (Å²) in [5.41, 5.74) is 5.77. The molecule has 0 amide bonds. The van der Waals surface area contributed by atoms with Gasteiger partial charge in [-0.2, -0.15) is 0 Å². The van der Waals surface area contributed by atoms with Gasteiger partial charge in [0.05, 0.1) is 0 Å². The summed E-state index contributed by atoms with van der Waals surface area (Å²) in [6.07, 6.45) is 2.31. The van der Waals surface area contributed by atoms with Crippen LogP contribution in [0.25, 0.3) is 0 Å². The second-order valence-electron chi connectivity index (χ2n) is 4.76. The molecule has 0 aromatic carbocycles. The van der Waals surface area contributed by atoms with E-state index in [2.05, 4.69) is 43.2 Å². The first-order valence-corrected chi connectivity index (χ1v) is 6.99. The van der Waals surface area contributed by atoms with E-state index in [9.17, 15) is 0 Å². The molecule has 1 unspecified atom stereocenters. The Balaban J connectivity index is 2.36. The molecule has 0 aliphatic rings. The summed E-state index contributed by atoms with van der Waals surface area (Å²) in [6.45, 7) is 8.84. The zero-order valence-electron chi connectivity index (χ0n) is 10.6. The number of thiophene rings is 1. The van der Waals surface area contributed by atoms with Gasteiger partial charge in [-0.05, 0) is 51.6 Å². The minimum Gasteiger partial charge on any atom is -0.328 e. The van der Waals surface area contributed by atoms with Gasteiger partial charge < -0.3 is 5.73 Å². The Morgan fingerprint density at radius 3 is 2.62 bits per heavy atom. The van der Waals surface area contributed by atoms with E-state index in [1.807, 2.05) is 11.3 Å². The zero-order chi connectivity index (χ0) is 12.0. The van der Waals surface area contributed by atoms with Gasteiger partial charge >= 0.3 is 0 Å². The van der Waals surface area contributed by atoms with Crippen molar-refractivity contribution in [3.05, 3.63) is 22.4 Å². The fourth-order valence-electron chi connectivity index (χ4n) is 1.74. The fourth-order valence-corrected chi connectivity index (χ4v) is 2.47. The molecular weight excluding hydrogens is 216 g/mol. The SMILES string of the molecule is CC(N)CCCN(Cc1cccs1)C(C)C. The van der Waals surface area contributed by atoms with Gasteiger partial charge in [-0.1, -0.05) is 6.07 Å². The lowest BCUT2D eigenvalue weighted by atomic mass is 10.1. The summed E-state index contributed by atoms with van der Waals surface area (Å²) in [6, 6.07) is 5.28. The first-order valence-electron chi connectivity index (χ1n) is 6.11. The quantitative estimate of drug-likeness (QED) is 0.793. The summed E-state index contributed by atoms with van der Waals surface area (Å²) >= 11 is 1.84. The molecule has 0 radical (unpaired) electrons. The van der Waals surface area contributed by atoms with Gasteiger partial charge in [-0.25, -0.2) is 0 Å². The van der Waals surface area contributed by atoms with Crippen LogP contribution in [0.1, 0.15) is 38.5 Å². The highest BCUT2D eigenvalue weighted by atomic mass is 32.1. The number of nitrogens with zero attached hydrogens (tertiary/aromatic N) is 1. The molecule has 0 aliphatic heterocycles. The molecule has 1 atom stereocenters. The number of rotatable bonds is 7. The normalized spacial score (nSPS) is 13.6. The van der Waals surface area contributed by atoms with Crippen molar-refractivity contribution in [3.63, 3.8) is 0 Å². The van der Waals surface area contributed by atoms with Crippen LogP contribution in [0.15, 0.2) is 17.5 Å². The average molecular weight is 240 g/mol. The lowest BCUT2D eigenvalue weighted by Crippen LogP contribution is -2.31.